The van der Waals surface area contributed by atoms with Crippen molar-refractivity contribution >= 4 is 31.9 Å². The van der Waals surface area contributed by atoms with Crippen LogP contribution in [0.2, 0.25) is 0 Å². The van der Waals surface area contributed by atoms with Crippen molar-refractivity contribution in [2.24, 2.45) is 0 Å². The summed E-state index contributed by atoms with van der Waals surface area (Å²) in [6, 6.07) is 10.0. The van der Waals surface area contributed by atoms with Crippen molar-refractivity contribution in [1.82, 2.24) is 4.98 Å². The highest BCUT2D eigenvalue weighted by Crippen LogP contribution is 2.32. The Kier molecular flexibility index (Phi) is 2.99. The Labute approximate surface area is 99.4 Å². The van der Waals surface area contributed by atoms with E-state index in [9.17, 15) is 0 Å². The molecule has 3 heteroatoms. The zero-order valence-corrected chi connectivity index (χ0v) is 10.4. The number of pyridine rings is 1. The van der Waals surface area contributed by atoms with Crippen LogP contribution in [0.15, 0.2) is 51.7 Å². The van der Waals surface area contributed by atoms with Gasteiger partial charge in [0, 0.05) is 26.9 Å². The van der Waals surface area contributed by atoms with E-state index in [1.807, 2.05) is 30.5 Å². The molecule has 0 spiro atoms. The van der Waals surface area contributed by atoms with E-state index in [4.69, 9.17) is 0 Å². The molecule has 0 radical (unpaired) electrons. The molecule has 0 saturated carbocycles. The summed E-state index contributed by atoms with van der Waals surface area (Å²) in [5.74, 6) is 0. The second kappa shape index (κ2) is 4.24. The first kappa shape index (κ1) is 9.87. The standard InChI is InChI=1S/C11H7Br2N/c12-10-4-2-1-3-8(10)9-7-14-6-5-11(9)13/h1-7H. The molecule has 0 aliphatic rings. The van der Waals surface area contributed by atoms with Gasteiger partial charge in [0.2, 0.25) is 0 Å². The molecule has 2 rings (SSSR count). The Morgan fingerprint density at radius 2 is 1.57 bits per heavy atom. The summed E-state index contributed by atoms with van der Waals surface area (Å²) in [7, 11) is 0. The average Bonchev–Trinajstić information content (AvgIpc) is 2.20. The molecule has 1 aromatic heterocycles. The van der Waals surface area contributed by atoms with E-state index < -0.39 is 0 Å². The number of hydrogen-bond acceptors (Lipinski definition) is 1. The lowest BCUT2D eigenvalue weighted by atomic mass is 10.1. The van der Waals surface area contributed by atoms with Gasteiger partial charge in [-0.05, 0) is 17.7 Å². The molecule has 0 saturated heterocycles. The molecule has 0 bridgehead atoms. The number of aromatic nitrogens is 1. The van der Waals surface area contributed by atoms with Crippen LogP contribution in [0.4, 0.5) is 0 Å². The molecule has 1 heterocycles. The van der Waals surface area contributed by atoms with Gasteiger partial charge in [-0.25, -0.2) is 0 Å². The van der Waals surface area contributed by atoms with Crippen LogP contribution in [0.3, 0.4) is 0 Å². The van der Waals surface area contributed by atoms with Crippen LogP contribution in [-0.4, -0.2) is 4.98 Å². The topological polar surface area (TPSA) is 12.9 Å². The van der Waals surface area contributed by atoms with Gasteiger partial charge in [-0.1, -0.05) is 50.1 Å². The third-order valence-electron chi connectivity index (χ3n) is 1.93. The number of benzene rings is 1. The van der Waals surface area contributed by atoms with Crippen LogP contribution >= 0.6 is 31.9 Å². The number of nitrogens with zero attached hydrogens (tertiary/aromatic N) is 1. The summed E-state index contributed by atoms with van der Waals surface area (Å²) in [5, 5.41) is 0. The monoisotopic (exact) mass is 311 g/mol. The van der Waals surface area contributed by atoms with Crippen molar-refractivity contribution in [2.45, 2.75) is 0 Å². The van der Waals surface area contributed by atoms with Gasteiger partial charge >= 0.3 is 0 Å². The Morgan fingerprint density at radius 1 is 0.857 bits per heavy atom. The minimum Gasteiger partial charge on any atom is -0.264 e. The Balaban J connectivity index is 2.61. The first-order valence-corrected chi connectivity index (χ1v) is 5.72. The van der Waals surface area contributed by atoms with E-state index in [0.29, 0.717) is 0 Å². The lowest BCUT2D eigenvalue weighted by Gasteiger charge is -2.05. The maximum Gasteiger partial charge on any atom is 0.0358 e. The SMILES string of the molecule is Brc1ccccc1-c1cnccc1Br. The molecule has 0 amide bonds. The summed E-state index contributed by atoms with van der Waals surface area (Å²) in [4.78, 5) is 4.11. The first-order valence-electron chi connectivity index (χ1n) is 4.13. The van der Waals surface area contributed by atoms with Crippen LogP contribution in [0.1, 0.15) is 0 Å². The van der Waals surface area contributed by atoms with Gasteiger partial charge in [0.25, 0.3) is 0 Å². The van der Waals surface area contributed by atoms with Crippen molar-refractivity contribution in [1.29, 1.82) is 0 Å². The summed E-state index contributed by atoms with van der Waals surface area (Å²) in [6.07, 6.45) is 3.62. The molecule has 1 aromatic carbocycles. The van der Waals surface area contributed by atoms with E-state index in [2.05, 4.69) is 42.9 Å². The highest BCUT2D eigenvalue weighted by molar-refractivity contribution is 9.11. The minimum atomic E-state index is 1.06. The predicted molar refractivity (Wildman–Crippen MR) is 65.1 cm³/mol. The van der Waals surface area contributed by atoms with Gasteiger partial charge in [-0.15, -0.1) is 0 Å². The number of hydrogen-bond donors (Lipinski definition) is 0. The molecule has 1 nitrogen and oxygen atoms in total. The van der Waals surface area contributed by atoms with Crippen LogP contribution in [0.25, 0.3) is 11.1 Å². The largest absolute Gasteiger partial charge is 0.264 e. The summed E-state index contributed by atoms with van der Waals surface area (Å²) in [5.41, 5.74) is 2.24. The smallest absolute Gasteiger partial charge is 0.0358 e. The Morgan fingerprint density at radius 3 is 2.29 bits per heavy atom. The number of rotatable bonds is 1. The highest BCUT2D eigenvalue weighted by Gasteiger charge is 2.05. The zero-order valence-electron chi connectivity index (χ0n) is 7.24. The third-order valence-corrected chi connectivity index (χ3v) is 3.31. The second-order valence-electron chi connectivity index (χ2n) is 2.84. The highest BCUT2D eigenvalue weighted by atomic mass is 79.9. The fourth-order valence-electron chi connectivity index (χ4n) is 1.26. The Bertz CT molecular complexity index is 411. The maximum absolute atomic E-state index is 4.11. The molecule has 2 aromatic rings. The van der Waals surface area contributed by atoms with Crippen molar-refractivity contribution in [3.63, 3.8) is 0 Å². The Hall–Kier alpha value is -0.670. The molecule has 0 aliphatic carbocycles. The van der Waals surface area contributed by atoms with E-state index in [-0.39, 0.29) is 0 Å². The molecule has 0 N–H and O–H groups in total. The van der Waals surface area contributed by atoms with Gasteiger partial charge < -0.3 is 0 Å². The molecule has 0 aliphatic heterocycles. The van der Waals surface area contributed by atoms with Gasteiger partial charge in [0.15, 0.2) is 0 Å². The fraction of sp³-hybridized carbons (Fsp3) is 0. The molecule has 0 fully saturated rings. The zero-order chi connectivity index (χ0) is 9.97. The predicted octanol–water partition coefficient (Wildman–Crippen LogP) is 4.27. The molecule has 0 atom stereocenters. The number of halogens is 2. The average molecular weight is 313 g/mol. The van der Waals surface area contributed by atoms with E-state index in [0.717, 1.165) is 20.1 Å². The first-order chi connectivity index (χ1) is 6.79. The summed E-state index contributed by atoms with van der Waals surface area (Å²) < 4.78 is 2.13. The van der Waals surface area contributed by atoms with Crippen molar-refractivity contribution in [3.8, 4) is 11.1 Å². The van der Waals surface area contributed by atoms with Gasteiger partial charge in [0.05, 0.1) is 0 Å². The van der Waals surface area contributed by atoms with E-state index in [1.54, 1.807) is 6.20 Å². The lowest BCUT2D eigenvalue weighted by molar-refractivity contribution is 1.31. The molecule has 0 unspecified atom stereocenters. The third kappa shape index (κ3) is 1.88. The van der Waals surface area contributed by atoms with Crippen molar-refractivity contribution in [3.05, 3.63) is 51.7 Å². The van der Waals surface area contributed by atoms with Crippen LogP contribution in [0, 0.1) is 0 Å². The van der Waals surface area contributed by atoms with Crippen molar-refractivity contribution in [2.75, 3.05) is 0 Å². The summed E-state index contributed by atoms with van der Waals surface area (Å²) >= 11 is 7.02. The molecule has 14 heavy (non-hydrogen) atoms. The minimum absolute atomic E-state index is 1.06. The molecular weight excluding hydrogens is 306 g/mol. The van der Waals surface area contributed by atoms with Crippen LogP contribution in [-0.2, 0) is 0 Å². The summed E-state index contributed by atoms with van der Waals surface area (Å²) in [6.45, 7) is 0. The maximum atomic E-state index is 4.11. The van der Waals surface area contributed by atoms with Gasteiger partial charge in [-0.3, -0.25) is 4.98 Å². The van der Waals surface area contributed by atoms with Crippen LogP contribution in [0.5, 0.6) is 0 Å². The fourth-order valence-corrected chi connectivity index (χ4v) is 2.19. The second-order valence-corrected chi connectivity index (χ2v) is 4.54. The van der Waals surface area contributed by atoms with Gasteiger partial charge in [-0.2, -0.15) is 0 Å². The molecule has 70 valence electrons. The van der Waals surface area contributed by atoms with E-state index >= 15 is 0 Å². The normalized spacial score (nSPS) is 10.1. The van der Waals surface area contributed by atoms with E-state index in [1.165, 1.54) is 0 Å². The van der Waals surface area contributed by atoms with Crippen molar-refractivity contribution < 1.29 is 0 Å². The van der Waals surface area contributed by atoms with Gasteiger partial charge in [0.1, 0.15) is 0 Å². The quantitative estimate of drug-likeness (QED) is 0.766. The van der Waals surface area contributed by atoms with Crippen LogP contribution < -0.4 is 0 Å². The molecular formula is C11H7Br2N. The lowest BCUT2D eigenvalue weighted by Crippen LogP contribution is -1.82.